The van der Waals surface area contributed by atoms with Crippen molar-refractivity contribution in [3.05, 3.63) is 58.0 Å². The lowest BCUT2D eigenvalue weighted by Gasteiger charge is -2.34. The Morgan fingerprint density at radius 3 is 2.68 bits per heavy atom. The van der Waals surface area contributed by atoms with Crippen molar-refractivity contribution in [3.8, 4) is 0 Å². The lowest BCUT2D eigenvalue weighted by atomic mass is 10.1. The van der Waals surface area contributed by atoms with Crippen molar-refractivity contribution in [2.45, 2.75) is 45.7 Å². The fourth-order valence-corrected chi connectivity index (χ4v) is 4.96. The van der Waals surface area contributed by atoms with E-state index >= 15 is 0 Å². The zero-order chi connectivity index (χ0) is 21.4. The molecule has 1 saturated heterocycles. The van der Waals surface area contributed by atoms with E-state index in [-0.39, 0.29) is 5.91 Å². The predicted molar refractivity (Wildman–Crippen MR) is 122 cm³/mol. The second-order valence-electron chi connectivity index (χ2n) is 8.67. The molecule has 0 saturated carbocycles. The van der Waals surface area contributed by atoms with Crippen molar-refractivity contribution >= 4 is 28.7 Å². The monoisotopic (exact) mass is 437 g/mol. The molecule has 5 rings (SSSR count). The Hall–Kier alpha value is -2.44. The fraction of sp³-hybridized carbons (Fsp3) is 0.458. The number of halogens is 1. The molecule has 1 amide bonds. The molecule has 0 bridgehead atoms. The number of aromatic nitrogens is 3. The van der Waals surface area contributed by atoms with E-state index in [1.54, 1.807) is 0 Å². The second-order valence-corrected chi connectivity index (χ2v) is 9.11. The minimum absolute atomic E-state index is 0.0752. The third-order valence-electron chi connectivity index (χ3n) is 6.38. The Morgan fingerprint density at radius 2 is 1.87 bits per heavy atom. The van der Waals surface area contributed by atoms with Crippen LogP contribution in [0.1, 0.15) is 46.7 Å². The van der Waals surface area contributed by atoms with Gasteiger partial charge >= 0.3 is 0 Å². The zero-order valence-electron chi connectivity index (χ0n) is 18.0. The smallest absolute Gasteiger partial charge is 0.256 e. The van der Waals surface area contributed by atoms with Crippen LogP contribution in [0.15, 0.2) is 30.3 Å². The summed E-state index contributed by atoms with van der Waals surface area (Å²) in [5, 5.41) is 0.766. The van der Waals surface area contributed by atoms with Gasteiger partial charge in [0.25, 0.3) is 5.91 Å². The van der Waals surface area contributed by atoms with E-state index in [2.05, 4.69) is 15.5 Å². The van der Waals surface area contributed by atoms with Gasteiger partial charge in [-0.25, -0.2) is 9.97 Å². The second kappa shape index (κ2) is 8.60. The first-order valence-corrected chi connectivity index (χ1v) is 11.6. The van der Waals surface area contributed by atoms with Gasteiger partial charge in [-0.2, -0.15) is 0 Å². The van der Waals surface area contributed by atoms with Crippen LogP contribution in [-0.4, -0.2) is 56.4 Å². The van der Waals surface area contributed by atoms with Crippen LogP contribution in [-0.2, 0) is 19.5 Å². The Bertz CT molecular complexity index is 1120. The number of hydrogen-bond acceptors (Lipinski definition) is 4. The summed E-state index contributed by atoms with van der Waals surface area (Å²) in [5.41, 5.74) is 4.43. The van der Waals surface area contributed by atoms with Crippen LogP contribution in [0.3, 0.4) is 0 Å². The third kappa shape index (κ3) is 4.19. The number of benzene rings is 1. The minimum atomic E-state index is 0.0752. The van der Waals surface area contributed by atoms with E-state index in [9.17, 15) is 4.79 Å². The maximum atomic E-state index is 13.5. The van der Waals surface area contributed by atoms with E-state index in [0.717, 1.165) is 86.2 Å². The molecule has 2 aromatic heterocycles. The molecule has 0 N–H and O–H groups in total. The van der Waals surface area contributed by atoms with Gasteiger partial charge in [-0.05, 0) is 43.5 Å². The minimum Gasteiger partial charge on any atom is -0.336 e. The molecule has 0 unspecified atom stereocenters. The van der Waals surface area contributed by atoms with Crippen molar-refractivity contribution in [2.24, 2.45) is 0 Å². The van der Waals surface area contributed by atoms with Crippen molar-refractivity contribution in [1.82, 2.24) is 24.3 Å². The van der Waals surface area contributed by atoms with Crippen LogP contribution < -0.4 is 0 Å². The number of imidazole rings is 1. The van der Waals surface area contributed by atoms with E-state index in [0.29, 0.717) is 5.56 Å². The van der Waals surface area contributed by atoms with Crippen molar-refractivity contribution in [2.75, 3.05) is 26.2 Å². The number of amides is 1. The highest BCUT2D eigenvalue weighted by molar-refractivity contribution is 6.30. The maximum absolute atomic E-state index is 13.5. The summed E-state index contributed by atoms with van der Waals surface area (Å²) in [6.45, 7) is 6.91. The largest absolute Gasteiger partial charge is 0.336 e. The van der Waals surface area contributed by atoms with Crippen molar-refractivity contribution in [1.29, 1.82) is 0 Å². The van der Waals surface area contributed by atoms with Crippen LogP contribution in [0.25, 0.3) is 11.2 Å². The van der Waals surface area contributed by atoms with Crippen LogP contribution in [0.4, 0.5) is 0 Å². The zero-order valence-corrected chi connectivity index (χ0v) is 18.7. The van der Waals surface area contributed by atoms with E-state index < -0.39 is 0 Å². The molecule has 2 aliphatic heterocycles. The number of hydrogen-bond donors (Lipinski definition) is 0. The average Bonchev–Trinajstić information content (AvgIpc) is 2.94. The Morgan fingerprint density at radius 1 is 1.03 bits per heavy atom. The summed E-state index contributed by atoms with van der Waals surface area (Å²) in [4.78, 5) is 27.4. The summed E-state index contributed by atoms with van der Waals surface area (Å²) >= 11 is 6.12. The number of aryl methyl sites for hydroxylation is 3. The molecule has 0 spiro atoms. The molecule has 0 aliphatic carbocycles. The summed E-state index contributed by atoms with van der Waals surface area (Å²) in [7, 11) is 0. The van der Waals surface area contributed by atoms with E-state index in [4.69, 9.17) is 21.6 Å². The summed E-state index contributed by atoms with van der Waals surface area (Å²) in [6, 6.07) is 9.91. The Labute approximate surface area is 187 Å². The Kier molecular flexibility index (Phi) is 5.67. The number of carbonyl (C=O) groups excluding carboxylic acids is 1. The first kappa shape index (κ1) is 20.5. The SMILES string of the molecule is Cc1cc(C(=O)N2CCN(Cc3cccc(Cl)c3)CC2)c2nc3n(c2n1)CCCCC3. The molecule has 162 valence electrons. The van der Waals surface area contributed by atoms with Gasteiger partial charge in [-0.1, -0.05) is 30.2 Å². The standard InChI is InChI=1S/C24H28ClN5O/c1-17-14-20(22-23(26-17)30-9-4-2-3-8-21(30)27-22)24(31)29-12-10-28(11-13-29)16-18-6-5-7-19(25)15-18/h5-7,14-15H,2-4,8-13,16H2,1H3. The molecular weight excluding hydrogens is 410 g/mol. The number of piperazine rings is 1. The van der Waals surface area contributed by atoms with E-state index in [1.807, 2.05) is 36.1 Å². The Balaban J connectivity index is 1.34. The average molecular weight is 438 g/mol. The highest BCUT2D eigenvalue weighted by atomic mass is 35.5. The van der Waals surface area contributed by atoms with Gasteiger partial charge in [0.2, 0.25) is 0 Å². The molecule has 1 fully saturated rings. The lowest BCUT2D eigenvalue weighted by Crippen LogP contribution is -2.48. The number of fused-ring (bicyclic) bond motifs is 3. The highest BCUT2D eigenvalue weighted by Gasteiger charge is 2.26. The van der Waals surface area contributed by atoms with Crippen LogP contribution in [0, 0.1) is 6.92 Å². The normalized spacial score (nSPS) is 17.5. The first-order valence-electron chi connectivity index (χ1n) is 11.2. The molecule has 3 aromatic rings. The molecule has 1 aromatic carbocycles. The van der Waals surface area contributed by atoms with Crippen LogP contribution in [0.2, 0.25) is 5.02 Å². The molecule has 7 heteroatoms. The van der Waals surface area contributed by atoms with Gasteiger partial charge in [-0.3, -0.25) is 9.69 Å². The van der Waals surface area contributed by atoms with E-state index in [1.165, 1.54) is 12.0 Å². The van der Waals surface area contributed by atoms with Crippen LogP contribution in [0.5, 0.6) is 0 Å². The molecule has 6 nitrogen and oxygen atoms in total. The summed E-state index contributed by atoms with van der Waals surface area (Å²) in [5.74, 6) is 1.15. The summed E-state index contributed by atoms with van der Waals surface area (Å²) in [6.07, 6.45) is 4.49. The van der Waals surface area contributed by atoms with Gasteiger partial charge < -0.3 is 9.47 Å². The fourth-order valence-electron chi connectivity index (χ4n) is 4.75. The molecular formula is C24H28ClN5O. The number of carbonyl (C=O) groups is 1. The quantitative estimate of drug-likeness (QED) is 0.619. The van der Waals surface area contributed by atoms with Gasteiger partial charge in [-0.15, -0.1) is 0 Å². The molecule has 4 heterocycles. The first-order chi connectivity index (χ1) is 15.1. The van der Waals surface area contributed by atoms with Crippen LogP contribution >= 0.6 is 11.6 Å². The van der Waals surface area contributed by atoms with Gasteiger partial charge in [0.1, 0.15) is 11.3 Å². The molecule has 0 radical (unpaired) electrons. The van der Waals surface area contributed by atoms with Crippen molar-refractivity contribution < 1.29 is 4.79 Å². The summed E-state index contributed by atoms with van der Waals surface area (Å²) < 4.78 is 2.23. The number of pyridine rings is 1. The predicted octanol–water partition coefficient (Wildman–Crippen LogP) is 4.08. The van der Waals surface area contributed by atoms with Gasteiger partial charge in [0.15, 0.2) is 5.65 Å². The maximum Gasteiger partial charge on any atom is 0.256 e. The molecule has 2 aliphatic rings. The van der Waals surface area contributed by atoms with Crippen molar-refractivity contribution in [3.63, 3.8) is 0 Å². The topological polar surface area (TPSA) is 54.3 Å². The van der Waals surface area contributed by atoms with Gasteiger partial charge in [0, 0.05) is 56.4 Å². The highest BCUT2D eigenvalue weighted by Crippen LogP contribution is 2.25. The van der Waals surface area contributed by atoms with Gasteiger partial charge in [0.05, 0.1) is 5.56 Å². The molecule has 31 heavy (non-hydrogen) atoms. The lowest BCUT2D eigenvalue weighted by molar-refractivity contribution is 0.0630. The molecule has 0 atom stereocenters. The third-order valence-corrected chi connectivity index (χ3v) is 6.61. The number of rotatable bonds is 3. The number of nitrogens with zero attached hydrogens (tertiary/aromatic N) is 5.